The molecule has 1 aromatic carbocycles. The van der Waals surface area contributed by atoms with Gasteiger partial charge in [-0.3, -0.25) is 14.5 Å². The van der Waals surface area contributed by atoms with Crippen molar-refractivity contribution in [3.8, 4) is 5.75 Å². The molecule has 1 aromatic rings. The van der Waals surface area contributed by atoms with Crippen molar-refractivity contribution in [3.63, 3.8) is 0 Å². The Hall–Kier alpha value is -2.45. The molecular formula is C27H35FN2O5. The molecule has 7 nitrogen and oxygen atoms in total. The van der Waals surface area contributed by atoms with Gasteiger partial charge in [0.15, 0.2) is 11.5 Å². The van der Waals surface area contributed by atoms with E-state index >= 15 is 0 Å². The van der Waals surface area contributed by atoms with E-state index in [0.717, 1.165) is 57.0 Å². The van der Waals surface area contributed by atoms with Crippen LogP contribution >= 0.6 is 0 Å². The van der Waals surface area contributed by atoms with Gasteiger partial charge in [-0.05, 0) is 49.8 Å². The maximum atomic E-state index is 14.2. The Labute approximate surface area is 206 Å². The lowest BCUT2D eigenvalue weighted by atomic mass is 9.77. The van der Waals surface area contributed by atoms with Crippen molar-refractivity contribution in [2.45, 2.75) is 57.3 Å². The largest absolute Gasteiger partial charge is 0.494 e. The molecule has 1 aliphatic carbocycles. The molecule has 2 fully saturated rings. The third kappa shape index (κ3) is 4.96. The molecule has 0 spiro atoms. The Morgan fingerprint density at radius 3 is 2.60 bits per heavy atom. The number of hydrogen-bond acceptors (Lipinski definition) is 6. The van der Waals surface area contributed by atoms with Crippen LogP contribution in [0.1, 0.15) is 50.6 Å². The van der Waals surface area contributed by atoms with Crippen LogP contribution in [0.3, 0.4) is 0 Å². The summed E-state index contributed by atoms with van der Waals surface area (Å²) in [6.07, 6.45) is 1.30. The van der Waals surface area contributed by atoms with Gasteiger partial charge in [-0.15, -0.1) is 0 Å². The summed E-state index contributed by atoms with van der Waals surface area (Å²) < 4.78 is 31.5. The van der Waals surface area contributed by atoms with Gasteiger partial charge in [0.25, 0.3) is 5.91 Å². The number of rotatable bonds is 8. The number of nitrogens with zero attached hydrogens (tertiary/aromatic N) is 2. The van der Waals surface area contributed by atoms with E-state index in [4.69, 9.17) is 14.2 Å². The number of morpholine rings is 1. The van der Waals surface area contributed by atoms with Crippen LogP contribution in [0.5, 0.6) is 5.75 Å². The Bertz CT molecular complexity index is 959. The fraction of sp³-hybridized carbons (Fsp3) is 0.630. The highest BCUT2D eigenvalue weighted by Gasteiger charge is 2.52. The Morgan fingerprint density at radius 2 is 1.86 bits per heavy atom. The van der Waals surface area contributed by atoms with E-state index in [9.17, 15) is 14.0 Å². The average molecular weight is 487 g/mol. The molecule has 0 aromatic heterocycles. The van der Waals surface area contributed by atoms with Crippen LogP contribution in [0.4, 0.5) is 4.39 Å². The van der Waals surface area contributed by atoms with Crippen molar-refractivity contribution in [2.24, 2.45) is 5.92 Å². The number of benzene rings is 1. The van der Waals surface area contributed by atoms with E-state index in [-0.39, 0.29) is 23.9 Å². The van der Waals surface area contributed by atoms with Crippen molar-refractivity contribution in [3.05, 3.63) is 41.2 Å². The quantitative estimate of drug-likeness (QED) is 0.561. The second kappa shape index (κ2) is 10.7. The lowest BCUT2D eigenvalue weighted by Gasteiger charge is -2.36. The number of amides is 1. The highest BCUT2D eigenvalue weighted by Crippen LogP contribution is 2.47. The van der Waals surface area contributed by atoms with E-state index in [0.29, 0.717) is 31.6 Å². The molecule has 3 aliphatic heterocycles. The zero-order valence-electron chi connectivity index (χ0n) is 20.4. The van der Waals surface area contributed by atoms with Crippen LogP contribution in [0.15, 0.2) is 35.6 Å². The number of hydrogen-bond donors (Lipinski definition) is 0. The maximum Gasteiger partial charge on any atom is 0.290 e. The first-order valence-electron chi connectivity index (χ1n) is 13.0. The number of carbonyl (C=O) groups excluding carboxylic acids is 2. The van der Waals surface area contributed by atoms with Crippen LogP contribution in [-0.4, -0.2) is 79.8 Å². The highest BCUT2D eigenvalue weighted by molar-refractivity contribution is 6.11. The van der Waals surface area contributed by atoms with Crippen LogP contribution in [0.2, 0.25) is 0 Å². The van der Waals surface area contributed by atoms with E-state index in [2.05, 4.69) is 11.8 Å². The standard InChI is InChI=1S/C27H35FN2O5/c1-2-14-34-20-7-4-18(5-8-20)24-23-25(31)21-17-19(28)6-9-22(21)35-26(23)27(32)30(24)11-3-10-29-12-15-33-16-13-29/h4-5,7-8,19,21-22,24H,2-3,6,9-17H2,1H3. The summed E-state index contributed by atoms with van der Waals surface area (Å²) in [7, 11) is 0. The first-order valence-corrected chi connectivity index (χ1v) is 13.0. The van der Waals surface area contributed by atoms with E-state index < -0.39 is 24.2 Å². The lowest BCUT2D eigenvalue weighted by Crippen LogP contribution is -2.42. The predicted molar refractivity (Wildman–Crippen MR) is 128 cm³/mol. The van der Waals surface area contributed by atoms with Gasteiger partial charge in [0.2, 0.25) is 0 Å². The molecule has 0 bridgehead atoms. The first-order chi connectivity index (χ1) is 17.1. The van der Waals surface area contributed by atoms with Crippen molar-refractivity contribution in [1.82, 2.24) is 9.80 Å². The molecule has 3 heterocycles. The number of ether oxygens (including phenoxy) is 3. The van der Waals surface area contributed by atoms with Gasteiger partial charge in [-0.1, -0.05) is 19.1 Å². The monoisotopic (exact) mass is 486 g/mol. The minimum atomic E-state index is -0.999. The van der Waals surface area contributed by atoms with Gasteiger partial charge in [-0.25, -0.2) is 4.39 Å². The second-order valence-corrected chi connectivity index (χ2v) is 9.91. The lowest BCUT2D eigenvalue weighted by molar-refractivity contribution is -0.136. The minimum Gasteiger partial charge on any atom is -0.494 e. The SMILES string of the molecule is CCCOc1ccc(C2C3=C(OC4CCC(F)CC4C3=O)C(=O)N2CCCN2CCOCC2)cc1. The van der Waals surface area contributed by atoms with Crippen LogP contribution in [-0.2, 0) is 19.1 Å². The first kappa shape index (κ1) is 24.3. The molecule has 0 radical (unpaired) electrons. The molecule has 1 saturated heterocycles. The number of ketones is 1. The number of carbonyl (C=O) groups is 2. The highest BCUT2D eigenvalue weighted by atomic mass is 19.1. The van der Waals surface area contributed by atoms with Crippen molar-refractivity contribution < 1.29 is 28.2 Å². The van der Waals surface area contributed by atoms with Gasteiger partial charge in [-0.2, -0.15) is 0 Å². The fourth-order valence-corrected chi connectivity index (χ4v) is 5.70. The summed E-state index contributed by atoms with van der Waals surface area (Å²) in [4.78, 5) is 31.3. The van der Waals surface area contributed by atoms with E-state index in [1.807, 2.05) is 24.3 Å². The van der Waals surface area contributed by atoms with Crippen LogP contribution in [0, 0.1) is 5.92 Å². The smallest absolute Gasteiger partial charge is 0.290 e. The Morgan fingerprint density at radius 1 is 1.09 bits per heavy atom. The summed E-state index contributed by atoms with van der Waals surface area (Å²) in [5.74, 6) is 0.0581. The molecule has 1 saturated carbocycles. The molecule has 5 rings (SSSR count). The topological polar surface area (TPSA) is 68.3 Å². The van der Waals surface area contributed by atoms with Gasteiger partial charge in [0.1, 0.15) is 18.0 Å². The molecule has 190 valence electrons. The molecule has 4 unspecified atom stereocenters. The molecule has 4 atom stereocenters. The number of halogens is 1. The molecular weight excluding hydrogens is 451 g/mol. The number of alkyl halides is 1. The van der Waals surface area contributed by atoms with E-state index in [1.54, 1.807) is 4.90 Å². The number of fused-ring (bicyclic) bond motifs is 1. The molecule has 1 amide bonds. The third-order valence-corrected chi connectivity index (χ3v) is 7.52. The summed E-state index contributed by atoms with van der Waals surface area (Å²) in [5.41, 5.74) is 1.25. The van der Waals surface area contributed by atoms with Gasteiger partial charge in [0, 0.05) is 26.2 Å². The van der Waals surface area contributed by atoms with Crippen molar-refractivity contribution >= 4 is 11.7 Å². The molecule has 35 heavy (non-hydrogen) atoms. The number of Topliss-reactive ketones (excluding diaryl/α,β-unsaturated/α-hetero) is 1. The van der Waals surface area contributed by atoms with Crippen molar-refractivity contribution in [1.29, 1.82) is 0 Å². The van der Waals surface area contributed by atoms with Gasteiger partial charge in [0.05, 0.1) is 37.4 Å². The summed E-state index contributed by atoms with van der Waals surface area (Å²) in [6, 6.07) is 7.10. The predicted octanol–water partition coefficient (Wildman–Crippen LogP) is 3.44. The third-order valence-electron chi connectivity index (χ3n) is 7.52. The maximum absolute atomic E-state index is 14.2. The fourth-order valence-electron chi connectivity index (χ4n) is 5.70. The van der Waals surface area contributed by atoms with Crippen molar-refractivity contribution in [2.75, 3.05) is 46.0 Å². The van der Waals surface area contributed by atoms with Crippen LogP contribution in [0.25, 0.3) is 0 Å². The van der Waals surface area contributed by atoms with E-state index in [1.165, 1.54) is 0 Å². The summed E-state index contributed by atoms with van der Waals surface area (Å²) in [5, 5.41) is 0. The zero-order chi connectivity index (χ0) is 24.4. The summed E-state index contributed by atoms with van der Waals surface area (Å²) in [6.45, 7) is 7.29. The second-order valence-electron chi connectivity index (χ2n) is 9.91. The van der Waals surface area contributed by atoms with Crippen LogP contribution < -0.4 is 4.74 Å². The normalized spacial score (nSPS) is 29.1. The van der Waals surface area contributed by atoms with Gasteiger partial charge >= 0.3 is 0 Å². The average Bonchev–Trinajstić information content (AvgIpc) is 3.16. The molecule has 0 N–H and O–H groups in total. The van der Waals surface area contributed by atoms with Gasteiger partial charge < -0.3 is 19.1 Å². The minimum absolute atomic E-state index is 0.126. The summed E-state index contributed by atoms with van der Waals surface area (Å²) >= 11 is 0. The zero-order valence-corrected chi connectivity index (χ0v) is 20.4. The Kier molecular flexibility index (Phi) is 7.39. The molecule has 8 heteroatoms. The molecule has 4 aliphatic rings. The Balaban J connectivity index is 1.40.